The van der Waals surface area contributed by atoms with Crippen LogP contribution in [0.15, 0.2) is 30.3 Å². The van der Waals surface area contributed by atoms with E-state index in [9.17, 15) is 4.79 Å². The lowest BCUT2D eigenvalue weighted by atomic mass is 10.2. The van der Waals surface area contributed by atoms with Crippen molar-refractivity contribution in [2.75, 3.05) is 13.7 Å². The van der Waals surface area contributed by atoms with Crippen LogP contribution in [0.2, 0.25) is 0 Å². The number of carbonyl (C=O) groups is 1. The van der Waals surface area contributed by atoms with Gasteiger partial charge in [-0.25, -0.2) is 0 Å². The van der Waals surface area contributed by atoms with Crippen molar-refractivity contribution >= 4 is 17.2 Å². The van der Waals surface area contributed by atoms with Crippen LogP contribution < -0.4 is 0 Å². The molecule has 1 aliphatic rings. The first-order valence-corrected chi connectivity index (χ1v) is 5.89. The Morgan fingerprint density at radius 1 is 1.44 bits per heavy atom. The normalized spacial score (nSPS) is 20.6. The molecule has 3 rings (SSSR count). The summed E-state index contributed by atoms with van der Waals surface area (Å²) >= 11 is 0. The topological polar surface area (TPSA) is 40.5 Å². The molecule has 0 bridgehead atoms. The van der Waals surface area contributed by atoms with Crippen molar-refractivity contribution in [3.8, 4) is 0 Å². The molecule has 1 aromatic carbocycles. The molecule has 1 unspecified atom stereocenters. The smallest absolute Gasteiger partial charge is 0.166 e. The van der Waals surface area contributed by atoms with E-state index >= 15 is 0 Å². The van der Waals surface area contributed by atoms with Crippen LogP contribution in [0.1, 0.15) is 23.1 Å². The number of para-hydroxylation sites is 1. The minimum Gasteiger partial charge on any atom is -0.373 e. The number of methoxy groups -OCH3 is 1. The van der Waals surface area contributed by atoms with Crippen molar-refractivity contribution in [3.63, 3.8) is 0 Å². The minimum absolute atomic E-state index is 0.153. The van der Waals surface area contributed by atoms with E-state index in [-0.39, 0.29) is 6.23 Å². The highest BCUT2D eigenvalue weighted by molar-refractivity contribution is 5.89. The number of ether oxygens (including phenoxy) is 2. The summed E-state index contributed by atoms with van der Waals surface area (Å²) in [5, 5.41) is 1.05. The highest BCUT2D eigenvalue weighted by atomic mass is 16.6. The van der Waals surface area contributed by atoms with E-state index in [1.165, 1.54) is 0 Å². The standard InChI is InChI=1S/C14H14NO3/c1-17-12-7-14(18-9-12)15-11(8-16)6-10-4-2-3-5-13(10)15/h2-6,8,14H,7,9H2,1H3. The molecule has 0 amide bonds. The maximum atomic E-state index is 11.2. The number of nitrogens with zero attached hydrogens (tertiary/aromatic N) is 1. The molecular formula is C14H14NO3. The van der Waals surface area contributed by atoms with Gasteiger partial charge in [-0.3, -0.25) is 4.79 Å². The summed E-state index contributed by atoms with van der Waals surface area (Å²) in [6.45, 7) is 0.492. The molecule has 0 spiro atoms. The molecule has 1 aliphatic heterocycles. The highest BCUT2D eigenvalue weighted by Gasteiger charge is 2.29. The molecule has 1 fully saturated rings. The van der Waals surface area contributed by atoms with Gasteiger partial charge >= 0.3 is 0 Å². The Morgan fingerprint density at radius 2 is 2.28 bits per heavy atom. The van der Waals surface area contributed by atoms with Gasteiger partial charge in [0.05, 0.1) is 17.8 Å². The van der Waals surface area contributed by atoms with Gasteiger partial charge in [0.25, 0.3) is 0 Å². The predicted molar refractivity (Wildman–Crippen MR) is 67.2 cm³/mol. The van der Waals surface area contributed by atoms with Gasteiger partial charge < -0.3 is 14.0 Å². The first kappa shape index (κ1) is 11.4. The average molecular weight is 244 g/mol. The second kappa shape index (κ2) is 4.55. The molecule has 2 aromatic rings. The lowest BCUT2D eigenvalue weighted by molar-refractivity contribution is 0.0540. The van der Waals surface area contributed by atoms with Crippen LogP contribution in [0.25, 0.3) is 10.9 Å². The van der Waals surface area contributed by atoms with Gasteiger partial charge in [-0.1, -0.05) is 18.2 Å². The summed E-state index contributed by atoms with van der Waals surface area (Å²) in [4.78, 5) is 11.2. The van der Waals surface area contributed by atoms with Crippen LogP contribution in [0.5, 0.6) is 0 Å². The largest absolute Gasteiger partial charge is 0.373 e. The van der Waals surface area contributed by atoms with E-state index in [0.29, 0.717) is 18.7 Å². The van der Waals surface area contributed by atoms with Crippen LogP contribution in [0.3, 0.4) is 0 Å². The Morgan fingerprint density at radius 3 is 3.00 bits per heavy atom. The molecule has 0 N–H and O–H groups in total. The van der Waals surface area contributed by atoms with Crippen molar-refractivity contribution in [1.29, 1.82) is 0 Å². The fourth-order valence-corrected chi connectivity index (χ4v) is 2.42. The van der Waals surface area contributed by atoms with Crippen LogP contribution in [-0.4, -0.2) is 24.6 Å². The molecule has 1 atom stereocenters. The summed E-state index contributed by atoms with van der Waals surface area (Å²) in [7, 11) is 1.65. The first-order chi connectivity index (χ1) is 8.83. The molecule has 1 aromatic heterocycles. The third kappa shape index (κ3) is 1.74. The minimum atomic E-state index is -0.153. The molecule has 18 heavy (non-hydrogen) atoms. The number of rotatable bonds is 3. The van der Waals surface area contributed by atoms with Gasteiger partial charge in [0.15, 0.2) is 6.29 Å². The molecular weight excluding hydrogens is 230 g/mol. The zero-order chi connectivity index (χ0) is 12.5. The Hall–Kier alpha value is -1.65. The van der Waals surface area contributed by atoms with Crippen LogP contribution >= 0.6 is 0 Å². The van der Waals surface area contributed by atoms with Gasteiger partial charge in [-0.15, -0.1) is 0 Å². The number of aldehydes is 1. The van der Waals surface area contributed by atoms with Crippen molar-refractivity contribution in [2.24, 2.45) is 0 Å². The molecule has 2 heterocycles. The highest BCUT2D eigenvalue weighted by Crippen LogP contribution is 2.34. The molecule has 1 saturated heterocycles. The third-order valence-corrected chi connectivity index (χ3v) is 3.31. The number of fused-ring (bicyclic) bond motifs is 1. The number of hydrogen-bond donors (Lipinski definition) is 0. The average Bonchev–Trinajstić information content (AvgIpc) is 3.01. The fraction of sp³-hybridized carbons (Fsp3) is 0.286. The Kier molecular flexibility index (Phi) is 2.89. The van der Waals surface area contributed by atoms with Crippen molar-refractivity contribution < 1.29 is 14.3 Å². The quantitative estimate of drug-likeness (QED) is 0.779. The third-order valence-electron chi connectivity index (χ3n) is 3.31. The lowest BCUT2D eigenvalue weighted by Crippen LogP contribution is -2.10. The second-order valence-corrected chi connectivity index (χ2v) is 4.33. The number of carbonyl (C=O) groups excluding carboxylic acids is 1. The SMILES string of the molecule is CO[C]1COC(n2c(C=O)cc3ccccc32)C1. The van der Waals surface area contributed by atoms with Gasteiger partial charge in [0, 0.05) is 18.9 Å². The summed E-state index contributed by atoms with van der Waals surface area (Å²) in [5.41, 5.74) is 1.65. The van der Waals surface area contributed by atoms with Gasteiger partial charge in [0.2, 0.25) is 0 Å². The number of aromatic nitrogens is 1. The van der Waals surface area contributed by atoms with E-state index in [0.717, 1.165) is 23.3 Å². The van der Waals surface area contributed by atoms with E-state index in [1.54, 1.807) is 7.11 Å². The van der Waals surface area contributed by atoms with Crippen LogP contribution in [0.4, 0.5) is 0 Å². The maximum absolute atomic E-state index is 11.2. The van der Waals surface area contributed by atoms with E-state index in [1.807, 2.05) is 34.9 Å². The molecule has 1 radical (unpaired) electrons. The summed E-state index contributed by atoms with van der Waals surface area (Å²) < 4.78 is 12.8. The van der Waals surface area contributed by atoms with E-state index < -0.39 is 0 Å². The summed E-state index contributed by atoms with van der Waals surface area (Å²) in [5.74, 6) is 0. The lowest BCUT2D eigenvalue weighted by Gasteiger charge is -2.15. The Balaban J connectivity index is 2.07. The van der Waals surface area contributed by atoms with Crippen LogP contribution in [0, 0.1) is 6.10 Å². The number of hydrogen-bond acceptors (Lipinski definition) is 3. The second-order valence-electron chi connectivity index (χ2n) is 4.33. The van der Waals surface area contributed by atoms with Crippen molar-refractivity contribution in [1.82, 2.24) is 4.57 Å². The Bertz CT molecular complexity index is 575. The fourth-order valence-electron chi connectivity index (χ4n) is 2.42. The van der Waals surface area contributed by atoms with E-state index in [4.69, 9.17) is 9.47 Å². The van der Waals surface area contributed by atoms with Crippen LogP contribution in [-0.2, 0) is 9.47 Å². The first-order valence-electron chi connectivity index (χ1n) is 5.89. The zero-order valence-electron chi connectivity index (χ0n) is 10.1. The van der Waals surface area contributed by atoms with E-state index in [2.05, 4.69) is 0 Å². The molecule has 93 valence electrons. The molecule has 0 aliphatic carbocycles. The van der Waals surface area contributed by atoms with Crippen molar-refractivity contribution in [3.05, 3.63) is 42.1 Å². The maximum Gasteiger partial charge on any atom is 0.166 e. The van der Waals surface area contributed by atoms with Gasteiger partial charge in [-0.05, 0) is 12.1 Å². The van der Waals surface area contributed by atoms with Crippen molar-refractivity contribution in [2.45, 2.75) is 12.6 Å². The summed E-state index contributed by atoms with van der Waals surface area (Å²) in [6.07, 6.45) is 2.32. The monoisotopic (exact) mass is 244 g/mol. The zero-order valence-corrected chi connectivity index (χ0v) is 10.1. The molecule has 0 saturated carbocycles. The molecule has 4 heteroatoms. The summed E-state index contributed by atoms with van der Waals surface area (Å²) in [6, 6.07) is 9.80. The predicted octanol–water partition coefficient (Wildman–Crippen LogP) is 2.55. The van der Waals surface area contributed by atoms with Gasteiger partial charge in [-0.2, -0.15) is 0 Å². The Labute approximate surface area is 105 Å². The molecule has 4 nitrogen and oxygen atoms in total. The number of benzene rings is 1. The van der Waals surface area contributed by atoms with Gasteiger partial charge in [0.1, 0.15) is 12.3 Å².